The van der Waals surface area contributed by atoms with Gasteiger partial charge in [0.2, 0.25) is 0 Å². The molecule has 0 radical (unpaired) electrons. The fraction of sp³-hybridized carbons (Fsp3) is 0.182. The monoisotopic (exact) mass is 255 g/mol. The van der Waals surface area contributed by atoms with Crippen LogP contribution >= 0.6 is 11.8 Å². The van der Waals surface area contributed by atoms with Crippen LogP contribution in [0.25, 0.3) is 0 Å². The van der Waals surface area contributed by atoms with Crippen LogP contribution in [0, 0.1) is 11.6 Å². The van der Waals surface area contributed by atoms with E-state index in [-0.39, 0.29) is 5.56 Å². The second kappa shape index (κ2) is 5.29. The van der Waals surface area contributed by atoms with Gasteiger partial charge in [-0.3, -0.25) is 0 Å². The van der Waals surface area contributed by atoms with E-state index in [2.05, 4.69) is 9.97 Å². The Labute approximate surface area is 101 Å². The predicted octanol–water partition coefficient (Wildman–Crippen LogP) is 2.48. The Morgan fingerprint density at radius 3 is 2.94 bits per heavy atom. The fourth-order valence-electron chi connectivity index (χ4n) is 1.39. The SMILES string of the molecule is NC(CSc1ncc[nH]1)c1cc(F)ccc1F. The smallest absolute Gasteiger partial charge is 0.165 e. The minimum atomic E-state index is -0.569. The summed E-state index contributed by atoms with van der Waals surface area (Å²) in [5.74, 6) is -0.549. The Kier molecular flexibility index (Phi) is 3.75. The second-order valence-electron chi connectivity index (χ2n) is 3.48. The maximum Gasteiger partial charge on any atom is 0.165 e. The molecule has 1 unspecified atom stereocenters. The summed E-state index contributed by atoms with van der Waals surface area (Å²) in [6.45, 7) is 0. The zero-order valence-electron chi connectivity index (χ0n) is 8.86. The van der Waals surface area contributed by atoms with Crippen molar-refractivity contribution < 1.29 is 8.78 Å². The zero-order chi connectivity index (χ0) is 12.3. The first-order valence-corrected chi connectivity index (χ1v) is 5.98. The predicted molar refractivity (Wildman–Crippen MR) is 62.6 cm³/mol. The normalized spacial score (nSPS) is 12.6. The molecule has 1 atom stereocenters. The molecule has 0 aliphatic carbocycles. The van der Waals surface area contributed by atoms with E-state index in [0.29, 0.717) is 10.9 Å². The molecule has 6 heteroatoms. The lowest BCUT2D eigenvalue weighted by atomic mass is 10.1. The van der Waals surface area contributed by atoms with E-state index in [1.54, 1.807) is 12.4 Å². The number of hydrogen-bond donors (Lipinski definition) is 2. The summed E-state index contributed by atoms with van der Waals surface area (Å²) < 4.78 is 26.4. The molecule has 0 fully saturated rings. The van der Waals surface area contributed by atoms with Crippen LogP contribution < -0.4 is 5.73 Å². The highest BCUT2D eigenvalue weighted by Crippen LogP contribution is 2.22. The number of H-pyrrole nitrogens is 1. The molecule has 3 nitrogen and oxygen atoms in total. The van der Waals surface area contributed by atoms with E-state index in [4.69, 9.17) is 5.73 Å². The molecule has 0 aliphatic rings. The second-order valence-corrected chi connectivity index (χ2v) is 4.49. The van der Waals surface area contributed by atoms with Gasteiger partial charge in [-0.05, 0) is 18.2 Å². The third kappa shape index (κ3) is 3.04. The first-order valence-electron chi connectivity index (χ1n) is 4.99. The van der Waals surface area contributed by atoms with Crippen molar-refractivity contribution in [2.75, 3.05) is 5.75 Å². The first kappa shape index (κ1) is 12.1. The molecule has 0 amide bonds. The van der Waals surface area contributed by atoms with Gasteiger partial charge < -0.3 is 10.7 Å². The van der Waals surface area contributed by atoms with Crippen LogP contribution in [0.2, 0.25) is 0 Å². The minimum Gasteiger partial charge on any atom is -0.340 e. The van der Waals surface area contributed by atoms with Gasteiger partial charge in [-0.2, -0.15) is 0 Å². The zero-order valence-corrected chi connectivity index (χ0v) is 9.68. The van der Waals surface area contributed by atoms with E-state index in [1.807, 2.05) is 0 Å². The van der Waals surface area contributed by atoms with Gasteiger partial charge in [-0.1, -0.05) is 11.8 Å². The van der Waals surface area contributed by atoms with E-state index >= 15 is 0 Å². The highest BCUT2D eigenvalue weighted by atomic mass is 32.2. The number of nitrogens with one attached hydrogen (secondary N) is 1. The summed E-state index contributed by atoms with van der Waals surface area (Å²) >= 11 is 1.36. The Hall–Kier alpha value is -1.40. The van der Waals surface area contributed by atoms with Crippen molar-refractivity contribution in [2.24, 2.45) is 5.73 Å². The molecule has 1 heterocycles. The van der Waals surface area contributed by atoms with E-state index in [1.165, 1.54) is 11.8 Å². The molecule has 0 saturated heterocycles. The highest BCUT2D eigenvalue weighted by Gasteiger charge is 2.13. The number of benzene rings is 1. The quantitative estimate of drug-likeness (QED) is 0.825. The largest absolute Gasteiger partial charge is 0.340 e. The lowest BCUT2D eigenvalue weighted by Gasteiger charge is -2.11. The first-order chi connectivity index (χ1) is 8.16. The Bertz CT molecular complexity index is 487. The average molecular weight is 255 g/mol. The number of aromatic nitrogens is 2. The lowest BCUT2D eigenvalue weighted by molar-refractivity contribution is 0.573. The van der Waals surface area contributed by atoms with Crippen molar-refractivity contribution in [3.8, 4) is 0 Å². The Morgan fingerprint density at radius 1 is 1.41 bits per heavy atom. The van der Waals surface area contributed by atoms with Gasteiger partial charge in [0, 0.05) is 29.8 Å². The summed E-state index contributed by atoms with van der Waals surface area (Å²) in [6, 6.07) is 2.72. The summed E-state index contributed by atoms with van der Waals surface area (Å²) in [5, 5.41) is 0.706. The van der Waals surface area contributed by atoms with Gasteiger partial charge in [-0.15, -0.1) is 0 Å². The molecule has 1 aromatic carbocycles. The number of imidazole rings is 1. The van der Waals surface area contributed by atoms with Crippen molar-refractivity contribution >= 4 is 11.8 Å². The molecule has 2 rings (SSSR count). The number of thioether (sulfide) groups is 1. The van der Waals surface area contributed by atoms with E-state index in [0.717, 1.165) is 18.2 Å². The molecule has 2 aromatic rings. The van der Waals surface area contributed by atoms with Crippen LogP contribution in [0.5, 0.6) is 0 Å². The summed E-state index contributed by atoms with van der Waals surface area (Å²) in [4.78, 5) is 6.90. The summed E-state index contributed by atoms with van der Waals surface area (Å²) in [6.07, 6.45) is 3.31. The number of hydrogen-bond acceptors (Lipinski definition) is 3. The molecule has 90 valence electrons. The van der Waals surface area contributed by atoms with Crippen molar-refractivity contribution in [3.05, 3.63) is 47.8 Å². The maximum atomic E-state index is 13.4. The Morgan fingerprint density at radius 2 is 2.24 bits per heavy atom. The molecule has 3 N–H and O–H groups in total. The lowest BCUT2D eigenvalue weighted by Crippen LogP contribution is -2.15. The number of aromatic amines is 1. The van der Waals surface area contributed by atoms with Crippen LogP contribution in [-0.4, -0.2) is 15.7 Å². The third-order valence-electron chi connectivity index (χ3n) is 2.23. The van der Waals surface area contributed by atoms with Crippen molar-refractivity contribution in [2.45, 2.75) is 11.2 Å². The number of nitrogens with two attached hydrogens (primary N) is 1. The maximum absolute atomic E-state index is 13.4. The molecule has 0 aliphatic heterocycles. The van der Waals surface area contributed by atoms with Crippen molar-refractivity contribution in [1.29, 1.82) is 0 Å². The molecule has 17 heavy (non-hydrogen) atoms. The van der Waals surface area contributed by atoms with E-state index in [9.17, 15) is 8.78 Å². The van der Waals surface area contributed by atoms with Crippen LogP contribution in [0.4, 0.5) is 8.78 Å². The number of halogens is 2. The topological polar surface area (TPSA) is 54.7 Å². The Balaban J connectivity index is 2.04. The molecule has 0 bridgehead atoms. The van der Waals surface area contributed by atoms with Crippen LogP contribution in [-0.2, 0) is 0 Å². The van der Waals surface area contributed by atoms with Gasteiger partial charge >= 0.3 is 0 Å². The average Bonchev–Trinajstić information content (AvgIpc) is 2.82. The van der Waals surface area contributed by atoms with Crippen molar-refractivity contribution in [3.63, 3.8) is 0 Å². The highest BCUT2D eigenvalue weighted by molar-refractivity contribution is 7.99. The molecule has 0 saturated carbocycles. The minimum absolute atomic E-state index is 0.184. The summed E-state index contributed by atoms with van der Waals surface area (Å²) in [7, 11) is 0. The fourth-order valence-corrected chi connectivity index (χ4v) is 2.19. The van der Waals surface area contributed by atoms with E-state index < -0.39 is 17.7 Å². The van der Waals surface area contributed by atoms with Crippen LogP contribution in [0.1, 0.15) is 11.6 Å². The third-order valence-corrected chi connectivity index (χ3v) is 3.25. The number of rotatable bonds is 4. The van der Waals surface area contributed by atoms with Gasteiger partial charge in [-0.25, -0.2) is 13.8 Å². The van der Waals surface area contributed by atoms with Gasteiger partial charge in [0.25, 0.3) is 0 Å². The molecule has 1 aromatic heterocycles. The van der Waals surface area contributed by atoms with Gasteiger partial charge in [0.15, 0.2) is 5.16 Å². The molecule has 0 spiro atoms. The van der Waals surface area contributed by atoms with Gasteiger partial charge in [0.05, 0.1) is 0 Å². The van der Waals surface area contributed by atoms with Gasteiger partial charge in [0.1, 0.15) is 11.6 Å². The molecular weight excluding hydrogens is 244 g/mol. The molecular formula is C11H11F2N3S. The summed E-state index contributed by atoms with van der Waals surface area (Å²) in [5.41, 5.74) is 6.00. The van der Waals surface area contributed by atoms with Crippen molar-refractivity contribution in [1.82, 2.24) is 9.97 Å². The van der Waals surface area contributed by atoms with Crippen LogP contribution in [0.3, 0.4) is 0 Å². The number of nitrogens with zero attached hydrogens (tertiary/aromatic N) is 1. The standard InChI is InChI=1S/C11H11F2N3S/c12-7-1-2-9(13)8(5-7)10(14)6-17-11-15-3-4-16-11/h1-5,10H,6,14H2,(H,15,16). The van der Waals surface area contributed by atoms with Crippen LogP contribution in [0.15, 0.2) is 35.7 Å².